The molecular formula is C42H68N6O6S. The molecule has 0 radical (unpaired) electrons. The first-order valence-electron chi connectivity index (χ1n) is 20.1. The molecule has 10 atom stereocenters. The molecule has 13 heteroatoms. The van der Waals surface area contributed by atoms with Crippen LogP contribution in [0, 0.1) is 23.7 Å². The lowest BCUT2D eigenvalue weighted by Gasteiger charge is -2.41. The molecule has 0 aliphatic carbocycles. The highest BCUT2D eigenvalue weighted by atomic mass is 32.1. The first kappa shape index (κ1) is 46.0. The van der Waals surface area contributed by atoms with Gasteiger partial charge in [-0.15, -0.1) is 11.3 Å². The van der Waals surface area contributed by atoms with Gasteiger partial charge in [0, 0.05) is 39.4 Å². The summed E-state index contributed by atoms with van der Waals surface area (Å²) in [6.45, 7) is 14.4. The number of likely N-dealkylation sites (N-methyl/N-ethyl adjacent to an activating group) is 2. The predicted octanol–water partition coefficient (Wildman–Crippen LogP) is 5.24. The molecule has 308 valence electrons. The van der Waals surface area contributed by atoms with Gasteiger partial charge < -0.3 is 35.2 Å². The topological polar surface area (TPSA) is 142 Å². The van der Waals surface area contributed by atoms with Crippen LogP contribution >= 0.6 is 11.3 Å². The van der Waals surface area contributed by atoms with Crippen LogP contribution < -0.4 is 16.0 Å². The monoisotopic (exact) mass is 784 g/mol. The van der Waals surface area contributed by atoms with Gasteiger partial charge in [-0.1, -0.05) is 91.6 Å². The summed E-state index contributed by atoms with van der Waals surface area (Å²) in [6.07, 6.45) is 4.19. The first-order valence-corrected chi connectivity index (χ1v) is 20.9. The fraction of sp³-hybridized carbons (Fsp3) is 0.690. The molecule has 0 spiro atoms. The van der Waals surface area contributed by atoms with Crippen molar-refractivity contribution in [3.8, 4) is 0 Å². The van der Waals surface area contributed by atoms with Crippen molar-refractivity contribution >= 4 is 35.0 Å². The number of hydrogen-bond acceptors (Lipinski definition) is 9. The lowest BCUT2D eigenvalue weighted by atomic mass is 9.89. The maximum absolute atomic E-state index is 14.3. The number of hydrogen-bond donors (Lipinski definition) is 3. The third-order valence-electron chi connectivity index (χ3n) is 11.6. The normalized spacial score (nSPS) is 19.4. The maximum atomic E-state index is 14.3. The standard InChI is InChI=1S/C42H68N6O6S/c1-12-27(5)36(46-40(51)35(43-8)26(3)4)42(52)47(9)37(28(6)13-2)33(53-10)25-34(49)48-22-17-20-32(48)38(54-11)29(7)39(50)45-31(41-44-21-23-55-41)24-30-18-15-14-16-19-30/h14-16,18-19,21,23,26-29,31-33,35-38,43H,12-13,17,20,22,24-25H2,1-11H3,(H,45,50)(H,46,51)/t27-,28?,29?,31?,32?,33?,35?,36+,37?,38?/m1/s1. The molecule has 4 amide bonds. The average Bonchev–Trinajstić information content (AvgIpc) is 3.90. The van der Waals surface area contributed by atoms with Crippen LogP contribution in [-0.2, 0) is 35.1 Å². The molecule has 12 nitrogen and oxygen atoms in total. The molecule has 1 saturated heterocycles. The number of likely N-dealkylation sites (tertiary alicyclic amines) is 1. The van der Waals surface area contributed by atoms with Crippen molar-refractivity contribution in [2.75, 3.05) is 34.9 Å². The molecule has 55 heavy (non-hydrogen) atoms. The Morgan fingerprint density at radius 1 is 0.945 bits per heavy atom. The Labute approximate surface area is 333 Å². The number of benzene rings is 1. The number of rotatable bonds is 22. The van der Waals surface area contributed by atoms with Crippen LogP contribution in [0.3, 0.4) is 0 Å². The number of amides is 4. The first-order chi connectivity index (χ1) is 26.2. The Morgan fingerprint density at radius 3 is 2.16 bits per heavy atom. The minimum absolute atomic E-state index is 0.00723. The second-order valence-electron chi connectivity index (χ2n) is 15.6. The number of thiazole rings is 1. The Kier molecular flexibility index (Phi) is 18.7. The number of ether oxygens (including phenoxy) is 2. The summed E-state index contributed by atoms with van der Waals surface area (Å²) in [6, 6.07) is 7.79. The molecule has 0 saturated carbocycles. The highest BCUT2D eigenvalue weighted by Gasteiger charge is 2.43. The summed E-state index contributed by atoms with van der Waals surface area (Å²) in [5.74, 6) is -1.33. The molecule has 1 aromatic carbocycles. The lowest BCUT2D eigenvalue weighted by Crippen LogP contribution is -2.60. The summed E-state index contributed by atoms with van der Waals surface area (Å²) < 4.78 is 12.1. The van der Waals surface area contributed by atoms with E-state index in [1.165, 1.54) is 11.3 Å². The van der Waals surface area contributed by atoms with Crippen molar-refractivity contribution < 1.29 is 28.7 Å². The van der Waals surface area contributed by atoms with Gasteiger partial charge in [-0.25, -0.2) is 4.98 Å². The molecule has 2 heterocycles. The second-order valence-corrected chi connectivity index (χ2v) is 16.5. The minimum Gasteiger partial charge on any atom is -0.379 e. The van der Waals surface area contributed by atoms with Crippen LogP contribution in [0.4, 0.5) is 0 Å². The van der Waals surface area contributed by atoms with Crippen molar-refractivity contribution in [1.82, 2.24) is 30.7 Å². The highest BCUT2D eigenvalue weighted by Crippen LogP contribution is 2.30. The van der Waals surface area contributed by atoms with Gasteiger partial charge in [-0.2, -0.15) is 0 Å². The quantitative estimate of drug-likeness (QED) is 0.147. The molecule has 1 aliphatic rings. The van der Waals surface area contributed by atoms with Gasteiger partial charge in [-0.3, -0.25) is 19.2 Å². The van der Waals surface area contributed by atoms with Crippen LogP contribution in [0.5, 0.6) is 0 Å². The van der Waals surface area contributed by atoms with Crippen LogP contribution in [-0.4, -0.2) is 110 Å². The fourth-order valence-corrected chi connectivity index (χ4v) is 8.67. The van der Waals surface area contributed by atoms with Crippen molar-refractivity contribution in [1.29, 1.82) is 0 Å². The van der Waals surface area contributed by atoms with Crippen LogP contribution in [0.15, 0.2) is 41.9 Å². The van der Waals surface area contributed by atoms with Gasteiger partial charge in [0.25, 0.3) is 0 Å². The molecule has 2 aromatic rings. The van der Waals surface area contributed by atoms with Crippen molar-refractivity contribution in [2.45, 2.75) is 129 Å². The summed E-state index contributed by atoms with van der Waals surface area (Å²) in [4.78, 5) is 63.9. The summed E-state index contributed by atoms with van der Waals surface area (Å²) >= 11 is 1.51. The van der Waals surface area contributed by atoms with Crippen LogP contribution in [0.25, 0.3) is 0 Å². The van der Waals surface area contributed by atoms with Crippen molar-refractivity contribution in [3.05, 3.63) is 52.5 Å². The van der Waals surface area contributed by atoms with Gasteiger partial charge in [0.15, 0.2) is 0 Å². The minimum atomic E-state index is -0.738. The zero-order chi connectivity index (χ0) is 40.8. The van der Waals surface area contributed by atoms with E-state index in [1.807, 2.05) is 75.2 Å². The average molecular weight is 785 g/mol. The third kappa shape index (κ3) is 12.1. The smallest absolute Gasteiger partial charge is 0.245 e. The molecule has 1 aromatic heterocycles. The predicted molar refractivity (Wildman–Crippen MR) is 218 cm³/mol. The summed E-state index contributed by atoms with van der Waals surface area (Å²) in [5.41, 5.74) is 1.09. The molecule has 0 bridgehead atoms. The Balaban J connectivity index is 1.80. The fourth-order valence-electron chi connectivity index (χ4n) is 7.98. The summed E-state index contributed by atoms with van der Waals surface area (Å²) in [5, 5.41) is 12.1. The SMILES string of the molecule is CCC(C)C(C(CC(=O)N1CCCC1C(OC)C(C)C(=O)NC(Cc1ccccc1)c1nccs1)OC)N(C)C(=O)[C@@H](NC(=O)C(NC)C(C)C)[C@H](C)CC. The largest absolute Gasteiger partial charge is 0.379 e. The lowest BCUT2D eigenvalue weighted by molar-refractivity contribution is -0.148. The Morgan fingerprint density at radius 2 is 1.62 bits per heavy atom. The van der Waals surface area contributed by atoms with Gasteiger partial charge in [0.05, 0.1) is 48.7 Å². The second kappa shape index (κ2) is 22.4. The van der Waals surface area contributed by atoms with Crippen LogP contribution in [0.1, 0.15) is 97.2 Å². The van der Waals surface area contributed by atoms with E-state index in [-0.39, 0.29) is 59.9 Å². The molecular weight excluding hydrogens is 717 g/mol. The van der Waals surface area contributed by atoms with E-state index in [1.54, 1.807) is 39.4 Å². The molecule has 1 fully saturated rings. The van der Waals surface area contributed by atoms with E-state index in [0.717, 1.165) is 23.4 Å². The number of methoxy groups -OCH3 is 2. The number of carbonyl (C=O) groups excluding carboxylic acids is 4. The Bertz CT molecular complexity index is 1480. The van der Waals surface area contributed by atoms with E-state index in [9.17, 15) is 19.2 Å². The summed E-state index contributed by atoms with van der Waals surface area (Å²) in [7, 11) is 6.69. The molecule has 8 unspecified atom stereocenters. The maximum Gasteiger partial charge on any atom is 0.245 e. The van der Waals surface area contributed by atoms with Crippen molar-refractivity contribution in [3.63, 3.8) is 0 Å². The number of nitrogens with one attached hydrogen (secondary N) is 3. The van der Waals surface area contributed by atoms with Crippen LogP contribution in [0.2, 0.25) is 0 Å². The van der Waals surface area contributed by atoms with E-state index >= 15 is 0 Å². The molecule has 3 N–H and O–H groups in total. The number of carbonyl (C=O) groups is 4. The highest BCUT2D eigenvalue weighted by molar-refractivity contribution is 7.09. The molecule has 3 rings (SSSR count). The molecule has 1 aliphatic heterocycles. The van der Waals surface area contributed by atoms with Gasteiger partial charge in [0.1, 0.15) is 11.0 Å². The number of nitrogens with zero attached hydrogens (tertiary/aromatic N) is 3. The zero-order valence-electron chi connectivity index (χ0n) is 35.0. The van der Waals surface area contributed by atoms with Crippen molar-refractivity contribution in [2.24, 2.45) is 23.7 Å². The van der Waals surface area contributed by atoms with Gasteiger partial charge >= 0.3 is 0 Å². The van der Waals surface area contributed by atoms with Gasteiger partial charge in [-0.05, 0) is 49.6 Å². The number of aromatic nitrogens is 1. The van der Waals surface area contributed by atoms with E-state index in [0.29, 0.717) is 25.8 Å². The third-order valence-corrected chi connectivity index (χ3v) is 12.5. The van der Waals surface area contributed by atoms with E-state index in [2.05, 4.69) is 34.8 Å². The van der Waals surface area contributed by atoms with Gasteiger partial charge in [0.2, 0.25) is 23.6 Å². The van der Waals surface area contributed by atoms with E-state index < -0.39 is 36.3 Å². The van der Waals surface area contributed by atoms with E-state index in [4.69, 9.17) is 9.47 Å². The zero-order valence-corrected chi connectivity index (χ0v) is 35.9. The Hall–Kier alpha value is -3.39.